The van der Waals surface area contributed by atoms with E-state index < -0.39 is 26.5 Å². The first-order chi connectivity index (χ1) is 25.3. The van der Waals surface area contributed by atoms with Crippen molar-refractivity contribution in [3.8, 4) is 0 Å². The topological polar surface area (TPSA) is 120 Å². The van der Waals surface area contributed by atoms with E-state index in [1.807, 2.05) is 0 Å². The van der Waals surface area contributed by atoms with Crippen molar-refractivity contribution in [1.29, 1.82) is 0 Å². The molecule has 0 amide bonds. The summed E-state index contributed by atoms with van der Waals surface area (Å²) in [6, 6.07) is 0. The van der Waals surface area contributed by atoms with Crippen LogP contribution in [0.5, 0.6) is 0 Å². The second kappa shape index (κ2) is 38.7. The number of likely N-dealkylation sites (N-methyl/N-ethyl adjacent to an activating group) is 1. The molecule has 0 radical (unpaired) electrons. The van der Waals surface area contributed by atoms with E-state index in [-0.39, 0.29) is 32.0 Å². The Labute approximate surface area is 318 Å². The number of hydrogen-bond donors (Lipinski definition) is 2. The Morgan fingerprint density at radius 1 is 0.615 bits per heavy atom. The zero-order valence-corrected chi connectivity index (χ0v) is 34.1. The van der Waals surface area contributed by atoms with Crippen LogP contribution in [0.4, 0.5) is 0 Å². The lowest BCUT2D eigenvalue weighted by molar-refractivity contribution is -0.161. The van der Waals surface area contributed by atoms with Crippen molar-refractivity contribution in [2.45, 2.75) is 174 Å². The lowest BCUT2D eigenvalue weighted by atomic mass is 10.1. The molecule has 2 atom stereocenters. The molecule has 10 heteroatoms. The van der Waals surface area contributed by atoms with Crippen LogP contribution in [0, 0.1) is 0 Å². The minimum atomic E-state index is -4.35. The molecule has 0 aromatic heterocycles. The van der Waals surface area contributed by atoms with E-state index in [4.69, 9.17) is 18.5 Å². The molecule has 0 aliphatic rings. The number of carbonyl (C=O) groups excluding carboxylic acids is 2. The van der Waals surface area contributed by atoms with Crippen molar-refractivity contribution in [3.05, 3.63) is 48.6 Å². The monoisotopic (exact) mass is 754 g/mol. The number of phosphoric ester groups is 1. The molecule has 0 aromatic carbocycles. The smallest absolute Gasteiger partial charge is 0.462 e. The standard InChI is InChI=1S/C42H76NO8P/c1-4-6-8-10-12-14-16-18-20-22-24-26-28-30-32-34-41(44)48-38-40(39-50-52(46,47)49-37-36-43-3)51-42(45)35-33-31-29-27-25-23-21-19-17-15-13-11-9-7-5-2/h7,9,13,15,18-21,40,43H,4-6,8,10-12,14,16-17,22-39H2,1-3H3,(H,46,47)/b9-7-,15-13-,20-18-,21-19-. The number of ether oxygens (including phenoxy) is 2. The number of nitrogens with one attached hydrogen (secondary N) is 1. The van der Waals surface area contributed by atoms with Crippen molar-refractivity contribution in [2.24, 2.45) is 0 Å². The van der Waals surface area contributed by atoms with Gasteiger partial charge in [-0.15, -0.1) is 0 Å². The minimum absolute atomic E-state index is 0.0233. The zero-order valence-electron chi connectivity index (χ0n) is 33.2. The fraction of sp³-hybridized carbons (Fsp3) is 0.762. The SMILES string of the molecule is CC/C=C\C/C=C\C/C=C\CCCCCCCC(=O)OC(COC(=O)CCCCCCC/C=C\CCCCCCCC)COP(=O)(O)OCCNC. The number of unbranched alkanes of at least 4 members (excludes halogenated alkanes) is 16. The van der Waals surface area contributed by atoms with Gasteiger partial charge in [-0.25, -0.2) is 4.57 Å². The molecule has 0 fully saturated rings. The fourth-order valence-electron chi connectivity index (χ4n) is 5.33. The van der Waals surface area contributed by atoms with E-state index in [1.54, 1.807) is 7.05 Å². The number of hydrogen-bond acceptors (Lipinski definition) is 8. The van der Waals surface area contributed by atoms with Crippen molar-refractivity contribution in [1.82, 2.24) is 5.32 Å². The summed E-state index contributed by atoms with van der Waals surface area (Å²) in [5.41, 5.74) is 0. The highest BCUT2D eigenvalue weighted by molar-refractivity contribution is 7.47. The molecule has 9 nitrogen and oxygen atoms in total. The van der Waals surface area contributed by atoms with Crippen molar-refractivity contribution in [3.63, 3.8) is 0 Å². The highest BCUT2D eigenvalue weighted by Crippen LogP contribution is 2.43. The molecule has 0 spiro atoms. The number of carbonyl (C=O) groups is 2. The van der Waals surface area contributed by atoms with E-state index in [9.17, 15) is 19.0 Å². The first-order valence-corrected chi connectivity index (χ1v) is 22.1. The van der Waals surface area contributed by atoms with Gasteiger partial charge in [0.05, 0.1) is 13.2 Å². The quantitative estimate of drug-likeness (QED) is 0.0275. The van der Waals surface area contributed by atoms with Crippen LogP contribution in [0.3, 0.4) is 0 Å². The summed E-state index contributed by atoms with van der Waals surface area (Å²) < 4.78 is 33.1. The van der Waals surface area contributed by atoms with E-state index in [0.717, 1.165) is 89.9 Å². The average molecular weight is 754 g/mol. The maximum absolute atomic E-state index is 12.6. The first kappa shape index (κ1) is 50.0. The summed E-state index contributed by atoms with van der Waals surface area (Å²) in [7, 11) is -2.66. The Morgan fingerprint density at radius 3 is 1.65 bits per heavy atom. The highest BCUT2D eigenvalue weighted by atomic mass is 31.2. The van der Waals surface area contributed by atoms with Crippen LogP contribution in [-0.4, -0.2) is 56.3 Å². The van der Waals surface area contributed by atoms with E-state index in [2.05, 4.69) is 67.8 Å². The van der Waals surface area contributed by atoms with Gasteiger partial charge in [-0.2, -0.15) is 0 Å². The van der Waals surface area contributed by atoms with Crippen molar-refractivity contribution < 1.29 is 37.6 Å². The third-order valence-electron chi connectivity index (χ3n) is 8.43. The molecular weight excluding hydrogens is 677 g/mol. The van der Waals surface area contributed by atoms with Gasteiger partial charge in [-0.1, -0.05) is 133 Å². The number of phosphoric acid groups is 1. The molecule has 0 heterocycles. The second-order valence-electron chi connectivity index (χ2n) is 13.4. The molecular formula is C42H76NO8P. The third-order valence-corrected chi connectivity index (χ3v) is 9.42. The molecule has 0 bridgehead atoms. The average Bonchev–Trinajstić information content (AvgIpc) is 3.12. The van der Waals surface area contributed by atoms with Gasteiger partial charge in [0.15, 0.2) is 6.10 Å². The second-order valence-corrected chi connectivity index (χ2v) is 14.9. The Balaban J connectivity index is 4.30. The zero-order chi connectivity index (χ0) is 38.2. The predicted octanol–water partition coefficient (Wildman–Crippen LogP) is 11.4. The van der Waals surface area contributed by atoms with Crippen LogP contribution >= 0.6 is 7.82 Å². The van der Waals surface area contributed by atoms with Gasteiger partial charge in [0.1, 0.15) is 6.61 Å². The molecule has 2 unspecified atom stereocenters. The third kappa shape index (κ3) is 37.7. The van der Waals surface area contributed by atoms with Crippen LogP contribution < -0.4 is 5.32 Å². The summed E-state index contributed by atoms with van der Waals surface area (Å²) in [5.74, 6) is -0.839. The van der Waals surface area contributed by atoms with E-state index in [0.29, 0.717) is 13.0 Å². The van der Waals surface area contributed by atoms with Crippen LogP contribution in [-0.2, 0) is 32.7 Å². The van der Waals surface area contributed by atoms with E-state index in [1.165, 1.54) is 44.9 Å². The molecule has 2 N–H and O–H groups in total. The maximum Gasteiger partial charge on any atom is 0.472 e. The molecule has 0 aliphatic carbocycles. The summed E-state index contributed by atoms with van der Waals surface area (Å²) in [6.07, 6.45) is 41.5. The van der Waals surface area contributed by atoms with Gasteiger partial charge in [-0.3, -0.25) is 18.6 Å². The molecule has 0 aromatic rings. The number of allylic oxidation sites excluding steroid dienone is 8. The lowest BCUT2D eigenvalue weighted by Crippen LogP contribution is -2.29. The number of rotatable bonds is 38. The van der Waals surface area contributed by atoms with Gasteiger partial charge >= 0.3 is 19.8 Å². The largest absolute Gasteiger partial charge is 0.472 e. The molecule has 302 valence electrons. The Kier molecular flexibility index (Phi) is 37.2. The van der Waals surface area contributed by atoms with Crippen LogP contribution in [0.15, 0.2) is 48.6 Å². The molecule has 0 aliphatic heterocycles. The summed E-state index contributed by atoms with van der Waals surface area (Å²) in [5, 5.41) is 2.82. The van der Waals surface area contributed by atoms with Gasteiger partial charge in [0, 0.05) is 19.4 Å². The highest BCUT2D eigenvalue weighted by Gasteiger charge is 2.26. The normalized spacial score (nSPS) is 13.8. The van der Waals surface area contributed by atoms with Gasteiger partial charge in [0.2, 0.25) is 0 Å². The Morgan fingerprint density at radius 2 is 1.10 bits per heavy atom. The Hall–Kier alpha value is -2.03. The summed E-state index contributed by atoms with van der Waals surface area (Å²) >= 11 is 0. The lowest BCUT2D eigenvalue weighted by Gasteiger charge is -2.20. The maximum atomic E-state index is 12.6. The van der Waals surface area contributed by atoms with Crippen LogP contribution in [0.1, 0.15) is 168 Å². The minimum Gasteiger partial charge on any atom is -0.462 e. The molecule has 52 heavy (non-hydrogen) atoms. The van der Waals surface area contributed by atoms with Gasteiger partial charge < -0.3 is 19.7 Å². The number of esters is 2. The van der Waals surface area contributed by atoms with E-state index >= 15 is 0 Å². The van der Waals surface area contributed by atoms with Crippen LogP contribution in [0.25, 0.3) is 0 Å². The predicted molar refractivity (Wildman–Crippen MR) is 215 cm³/mol. The summed E-state index contributed by atoms with van der Waals surface area (Å²) in [4.78, 5) is 35.0. The fourth-order valence-corrected chi connectivity index (χ4v) is 6.08. The first-order valence-electron chi connectivity index (χ1n) is 20.6. The van der Waals surface area contributed by atoms with Gasteiger partial charge in [0.25, 0.3) is 0 Å². The molecule has 0 rings (SSSR count). The van der Waals surface area contributed by atoms with Crippen LogP contribution in [0.2, 0.25) is 0 Å². The molecule has 0 saturated carbocycles. The van der Waals surface area contributed by atoms with Crippen molar-refractivity contribution in [2.75, 3.05) is 33.4 Å². The molecule has 0 saturated heterocycles. The van der Waals surface area contributed by atoms with Crippen molar-refractivity contribution >= 4 is 19.8 Å². The van der Waals surface area contributed by atoms with Gasteiger partial charge in [-0.05, 0) is 77.7 Å². The Bertz CT molecular complexity index is 996. The summed E-state index contributed by atoms with van der Waals surface area (Å²) in [6.45, 7) is 4.07.